The molecule has 2 aromatic heterocycles. The van der Waals surface area contributed by atoms with Crippen LogP contribution < -0.4 is 5.56 Å². The van der Waals surface area contributed by atoms with Crippen molar-refractivity contribution in [3.05, 3.63) is 87.0 Å². The third-order valence-electron chi connectivity index (χ3n) is 7.08. The highest BCUT2D eigenvalue weighted by atomic mass is 16.1. The number of piperidine rings is 1. The Balaban J connectivity index is 1.57. The summed E-state index contributed by atoms with van der Waals surface area (Å²) in [4.78, 5) is 19.0. The maximum absolute atomic E-state index is 13.4. The SMILES string of the molecule is Cc1cc(C)c2cc(C(c3nnnn3CCc3ccccc3)N3CCC(C)CC3)c(=O)[nH]c2c1. The normalized spacial score (nSPS) is 16.2. The molecule has 0 bridgehead atoms. The molecule has 1 fully saturated rings. The van der Waals surface area contributed by atoms with Gasteiger partial charge in [-0.1, -0.05) is 43.3 Å². The second-order valence-corrected chi connectivity index (χ2v) is 9.71. The van der Waals surface area contributed by atoms with Gasteiger partial charge in [-0.05, 0) is 91.4 Å². The Labute approximate surface area is 199 Å². The first-order chi connectivity index (χ1) is 16.5. The maximum atomic E-state index is 13.4. The summed E-state index contributed by atoms with van der Waals surface area (Å²) in [5, 5.41) is 13.9. The lowest BCUT2D eigenvalue weighted by Crippen LogP contribution is -2.40. The van der Waals surface area contributed by atoms with E-state index in [9.17, 15) is 4.79 Å². The van der Waals surface area contributed by atoms with E-state index in [1.54, 1.807) is 0 Å². The lowest BCUT2D eigenvalue weighted by Gasteiger charge is -2.36. The molecule has 1 N–H and O–H groups in total. The number of aromatic nitrogens is 5. The highest BCUT2D eigenvalue weighted by Crippen LogP contribution is 2.31. The van der Waals surface area contributed by atoms with Gasteiger partial charge in [0.1, 0.15) is 6.04 Å². The smallest absolute Gasteiger partial charge is 0.253 e. The molecule has 1 atom stereocenters. The number of aryl methyl sites for hydroxylation is 4. The average Bonchev–Trinajstić information content (AvgIpc) is 3.28. The van der Waals surface area contributed by atoms with Gasteiger partial charge in [0.15, 0.2) is 5.82 Å². The summed E-state index contributed by atoms with van der Waals surface area (Å²) in [5.41, 5.74) is 5.05. The molecule has 34 heavy (non-hydrogen) atoms. The van der Waals surface area contributed by atoms with Gasteiger partial charge in [0.05, 0.1) is 0 Å². The monoisotopic (exact) mass is 456 g/mol. The van der Waals surface area contributed by atoms with Gasteiger partial charge in [0.25, 0.3) is 5.56 Å². The molecule has 2 aromatic carbocycles. The first-order valence-corrected chi connectivity index (χ1v) is 12.2. The zero-order valence-corrected chi connectivity index (χ0v) is 20.2. The summed E-state index contributed by atoms with van der Waals surface area (Å²) >= 11 is 0. The second kappa shape index (κ2) is 9.50. The number of tetrazole rings is 1. The standard InChI is InChI=1S/C27H32N6O/c1-18-9-12-32(13-10-18)25(23-17-22-20(3)15-19(2)16-24(22)28-27(23)34)26-29-30-31-33(26)14-11-21-7-5-4-6-8-21/h4-8,15-18,25H,9-14H2,1-3H3,(H,28,34). The van der Waals surface area contributed by atoms with E-state index in [0.717, 1.165) is 60.2 Å². The van der Waals surface area contributed by atoms with Gasteiger partial charge < -0.3 is 4.98 Å². The van der Waals surface area contributed by atoms with Gasteiger partial charge in [0.2, 0.25) is 0 Å². The fourth-order valence-electron chi connectivity index (χ4n) is 5.12. The van der Waals surface area contributed by atoms with Crippen molar-refractivity contribution in [2.24, 2.45) is 5.92 Å². The number of likely N-dealkylation sites (tertiary alicyclic amines) is 1. The van der Waals surface area contributed by atoms with E-state index in [1.165, 1.54) is 5.56 Å². The minimum atomic E-state index is -0.285. The van der Waals surface area contributed by atoms with Crippen molar-refractivity contribution in [2.75, 3.05) is 13.1 Å². The van der Waals surface area contributed by atoms with Gasteiger partial charge >= 0.3 is 0 Å². The van der Waals surface area contributed by atoms with E-state index in [0.29, 0.717) is 18.0 Å². The molecule has 5 rings (SSSR count). The number of nitrogens with one attached hydrogen (secondary N) is 1. The van der Waals surface area contributed by atoms with Crippen molar-refractivity contribution in [2.45, 2.75) is 52.6 Å². The first-order valence-electron chi connectivity index (χ1n) is 12.2. The molecule has 1 aliphatic rings. The number of benzene rings is 2. The molecule has 7 nitrogen and oxygen atoms in total. The quantitative estimate of drug-likeness (QED) is 0.470. The number of hydrogen-bond acceptors (Lipinski definition) is 5. The van der Waals surface area contributed by atoms with Crippen LogP contribution in [-0.4, -0.2) is 43.2 Å². The third kappa shape index (κ3) is 4.53. The maximum Gasteiger partial charge on any atom is 0.253 e. The Kier molecular flexibility index (Phi) is 6.28. The molecule has 4 aromatic rings. The molecule has 3 heterocycles. The van der Waals surface area contributed by atoms with E-state index in [4.69, 9.17) is 0 Å². The van der Waals surface area contributed by atoms with Crippen molar-refractivity contribution in [3.8, 4) is 0 Å². The average molecular weight is 457 g/mol. The number of aromatic amines is 1. The van der Waals surface area contributed by atoms with Gasteiger partial charge in [-0.15, -0.1) is 5.10 Å². The van der Waals surface area contributed by atoms with Crippen LogP contribution in [0.15, 0.2) is 53.3 Å². The summed E-state index contributed by atoms with van der Waals surface area (Å²) in [6.07, 6.45) is 3.03. The molecule has 176 valence electrons. The van der Waals surface area contributed by atoms with Crippen molar-refractivity contribution < 1.29 is 0 Å². The van der Waals surface area contributed by atoms with Crippen LogP contribution in [0.2, 0.25) is 0 Å². The molecule has 1 aliphatic heterocycles. The van der Waals surface area contributed by atoms with E-state index >= 15 is 0 Å². The van der Waals surface area contributed by atoms with E-state index in [-0.39, 0.29) is 11.6 Å². The molecule has 1 unspecified atom stereocenters. The van der Waals surface area contributed by atoms with Crippen LogP contribution in [0, 0.1) is 19.8 Å². The highest BCUT2D eigenvalue weighted by Gasteiger charge is 2.32. The van der Waals surface area contributed by atoms with Crippen LogP contribution in [0.1, 0.15) is 53.9 Å². The fourth-order valence-corrected chi connectivity index (χ4v) is 5.12. The number of rotatable bonds is 6. The molecule has 0 saturated carbocycles. The Morgan fingerprint density at radius 1 is 1.09 bits per heavy atom. The fraction of sp³-hybridized carbons (Fsp3) is 0.407. The van der Waals surface area contributed by atoms with Crippen LogP contribution in [0.5, 0.6) is 0 Å². The van der Waals surface area contributed by atoms with Crippen molar-refractivity contribution in [1.82, 2.24) is 30.1 Å². The van der Waals surface area contributed by atoms with Crippen molar-refractivity contribution >= 4 is 10.9 Å². The Hall–Kier alpha value is -3.32. The van der Waals surface area contributed by atoms with Gasteiger partial charge in [-0.2, -0.15) is 0 Å². The van der Waals surface area contributed by atoms with Crippen molar-refractivity contribution in [3.63, 3.8) is 0 Å². The minimum absolute atomic E-state index is 0.0706. The highest BCUT2D eigenvalue weighted by molar-refractivity contribution is 5.83. The Bertz CT molecular complexity index is 1330. The van der Waals surface area contributed by atoms with Crippen LogP contribution in [0.25, 0.3) is 10.9 Å². The van der Waals surface area contributed by atoms with Gasteiger partial charge in [0, 0.05) is 23.0 Å². The second-order valence-electron chi connectivity index (χ2n) is 9.71. The van der Waals surface area contributed by atoms with E-state index in [1.807, 2.05) is 28.9 Å². The Morgan fingerprint density at radius 2 is 1.85 bits per heavy atom. The number of hydrogen-bond donors (Lipinski definition) is 1. The minimum Gasteiger partial charge on any atom is -0.322 e. The zero-order valence-electron chi connectivity index (χ0n) is 20.2. The van der Waals surface area contributed by atoms with E-state index < -0.39 is 0 Å². The molecule has 0 amide bonds. The molecule has 1 saturated heterocycles. The van der Waals surface area contributed by atoms with Gasteiger partial charge in [-0.3, -0.25) is 9.69 Å². The van der Waals surface area contributed by atoms with Crippen LogP contribution in [0.4, 0.5) is 0 Å². The lowest BCUT2D eigenvalue weighted by molar-refractivity contribution is 0.149. The van der Waals surface area contributed by atoms with Crippen LogP contribution >= 0.6 is 0 Å². The molecular formula is C27H32N6O. The lowest BCUT2D eigenvalue weighted by atomic mass is 9.94. The van der Waals surface area contributed by atoms with Crippen LogP contribution in [0.3, 0.4) is 0 Å². The largest absolute Gasteiger partial charge is 0.322 e. The summed E-state index contributed by atoms with van der Waals surface area (Å²) < 4.78 is 1.88. The van der Waals surface area contributed by atoms with Crippen molar-refractivity contribution in [1.29, 1.82) is 0 Å². The topological polar surface area (TPSA) is 79.7 Å². The predicted molar refractivity (Wildman–Crippen MR) is 134 cm³/mol. The number of fused-ring (bicyclic) bond motifs is 1. The zero-order chi connectivity index (χ0) is 23.7. The predicted octanol–water partition coefficient (Wildman–Crippen LogP) is 4.20. The number of pyridine rings is 1. The van der Waals surface area contributed by atoms with Gasteiger partial charge in [-0.25, -0.2) is 4.68 Å². The summed E-state index contributed by atoms with van der Waals surface area (Å²) in [5.74, 6) is 1.42. The third-order valence-corrected chi connectivity index (χ3v) is 7.08. The van der Waals surface area contributed by atoms with E-state index in [2.05, 4.69) is 70.4 Å². The molecule has 7 heteroatoms. The summed E-state index contributed by atoms with van der Waals surface area (Å²) in [6.45, 7) is 8.95. The summed E-state index contributed by atoms with van der Waals surface area (Å²) in [6, 6.07) is 16.3. The molecule has 0 spiro atoms. The molecular weight excluding hydrogens is 424 g/mol. The molecule has 0 aliphatic carbocycles. The first kappa shape index (κ1) is 22.5. The van der Waals surface area contributed by atoms with Crippen LogP contribution in [-0.2, 0) is 13.0 Å². The number of H-pyrrole nitrogens is 1. The number of nitrogens with zero attached hydrogens (tertiary/aromatic N) is 5. The Morgan fingerprint density at radius 3 is 2.62 bits per heavy atom. The molecule has 0 radical (unpaired) electrons. The summed E-state index contributed by atoms with van der Waals surface area (Å²) in [7, 11) is 0.